The highest BCUT2D eigenvalue weighted by molar-refractivity contribution is 7.16. The van der Waals surface area contributed by atoms with Gasteiger partial charge in [0.1, 0.15) is 21.8 Å². The fourth-order valence-corrected chi connectivity index (χ4v) is 5.68. The Hall–Kier alpha value is -3.62. The summed E-state index contributed by atoms with van der Waals surface area (Å²) in [5.41, 5.74) is -0.246. The predicted octanol–water partition coefficient (Wildman–Crippen LogP) is 6.14. The summed E-state index contributed by atoms with van der Waals surface area (Å²) in [6, 6.07) is 9.37. The Morgan fingerprint density at radius 3 is 2.78 bits per heavy atom. The summed E-state index contributed by atoms with van der Waals surface area (Å²) in [5, 5.41) is 16.1. The van der Waals surface area contributed by atoms with Gasteiger partial charge in [-0.15, -0.1) is 11.3 Å². The highest BCUT2D eigenvalue weighted by atomic mass is 35.5. The topological polar surface area (TPSA) is 92.3 Å². The SMILES string of the molecule is COc1cccc(-c2cc(C(F)(F)F)n3nc(C(=O)Nc4sc5c(c4C#N)CCCC5)c(Cl)c3n2)c1. The quantitative estimate of drug-likeness (QED) is 0.341. The number of aromatic nitrogens is 3. The molecule has 12 heteroatoms. The highest BCUT2D eigenvalue weighted by Crippen LogP contribution is 2.39. The van der Waals surface area contributed by atoms with Gasteiger partial charge in [-0.1, -0.05) is 23.7 Å². The minimum absolute atomic E-state index is 0.0137. The normalized spacial score (nSPS) is 13.3. The number of benzene rings is 1. The number of ether oxygens (including phenoxy) is 1. The van der Waals surface area contributed by atoms with Crippen LogP contribution in [-0.2, 0) is 19.0 Å². The van der Waals surface area contributed by atoms with Gasteiger partial charge in [0, 0.05) is 10.4 Å². The summed E-state index contributed by atoms with van der Waals surface area (Å²) in [6.07, 6.45) is -1.31. The summed E-state index contributed by atoms with van der Waals surface area (Å²) in [4.78, 5) is 18.4. The third-order valence-electron chi connectivity index (χ3n) is 5.91. The molecule has 36 heavy (non-hydrogen) atoms. The summed E-state index contributed by atoms with van der Waals surface area (Å²) in [6.45, 7) is 0. The molecule has 0 saturated carbocycles. The van der Waals surface area contributed by atoms with Gasteiger partial charge in [0.15, 0.2) is 17.0 Å². The van der Waals surface area contributed by atoms with E-state index >= 15 is 0 Å². The summed E-state index contributed by atoms with van der Waals surface area (Å²) >= 11 is 7.67. The standard InChI is InChI=1S/C24H17ClF3N5O2S/c1-35-13-6-4-5-12(9-13)16-10-18(24(26,27)28)33-21(30-16)19(25)20(32-33)22(34)31-23-15(11-29)14-7-2-3-8-17(14)36-23/h4-6,9-10H,2-3,7-8H2,1H3,(H,31,34). The number of thiophene rings is 1. The molecule has 5 rings (SSSR count). The molecular weight excluding hydrogens is 515 g/mol. The molecule has 0 bridgehead atoms. The number of halogens is 4. The number of carbonyl (C=O) groups is 1. The minimum Gasteiger partial charge on any atom is -0.497 e. The molecule has 1 aromatic carbocycles. The van der Waals surface area contributed by atoms with Crippen molar-refractivity contribution in [3.8, 4) is 23.1 Å². The Bertz CT molecular complexity index is 1550. The first kappa shape index (κ1) is 24.1. The molecule has 7 nitrogen and oxygen atoms in total. The fraction of sp³-hybridized carbons (Fsp3) is 0.250. The van der Waals surface area contributed by atoms with E-state index in [2.05, 4.69) is 21.5 Å². The Balaban J connectivity index is 1.60. The van der Waals surface area contributed by atoms with Crippen molar-refractivity contribution in [2.24, 2.45) is 0 Å². The van der Waals surface area contributed by atoms with Crippen LogP contribution in [0.3, 0.4) is 0 Å². The summed E-state index contributed by atoms with van der Waals surface area (Å²) in [7, 11) is 1.44. The number of nitrogens with zero attached hydrogens (tertiary/aromatic N) is 4. The van der Waals surface area contributed by atoms with Gasteiger partial charge in [-0.05, 0) is 49.4 Å². The van der Waals surface area contributed by atoms with Crippen LogP contribution in [0.4, 0.5) is 18.2 Å². The molecule has 4 aromatic rings. The van der Waals surface area contributed by atoms with E-state index in [1.807, 2.05) is 0 Å². The zero-order valence-electron chi connectivity index (χ0n) is 18.7. The number of hydrogen-bond donors (Lipinski definition) is 1. The van der Waals surface area contributed by atoms with Gasteiger partial charge in [0.2, 0.25) is 0 Å². The predicted molar refractivity (Wildman–Crippen MR) is 129 cm³/mol. The first-order valence-corrected chi connectivity index (χ1v) is 12.1. The Morgan fingerprint density at radius 2 is 2.06 bits per heavy atom. The summed E-state index contributed by atoms with van der Waals surface area (Å²) in [5.74, 6) is -0.383. The van der Waals surface area contributed by atoms with Gasteiger partial charge in [0.05, 0.1) is 18.4 Å². The zero-order chi connectivity index (χ0) is 25.6. The van der Waals surface area contributed by atoms with Crippen molar-refractivity contribution in [2.45, 2.75) is 31.9 Å². The number of rotatable bonds is 4. The molecule has 0 unspecified atom stereocenters. The molecule has 1 aliphatic rings. The number of fused-ring (bicyclic) bond motifs is 2. The smallest absolute Gasteiger partial charge is 0.433 e. The maximum absolute atomic E-state index is 14.0. The average molecular weight is 532 g/mol. The van der Waals surface area contributed by atoms with E-state index in [0.717, 1.165) is 42.2 Å². The van der Waals surface area contributed by atoms with Crippen LogP contribution in [0.5, 0.6) is 5.75 Å². The molecule has 3 heterocycles. The van der Waals surface area contributed by atoms with E-state index in [4.69, 9.17) is 16.3 Å². The van der Waals surface area contributed by atoms with Gasteiger partial charge in [-0.2, -0.15) is 23.5 Å². The van der Waals surface area contributed by atoms with Crippen molar-refractivity contribution in [2.75, 3.05) is 12.4 Å². The number of nitrogens with one attached hydrogen (secondary N) is 1. The van der Waals surface area contributed by atoms with Crippen LogP contribution in [0.1, 0.15) is 45.0 Å². The van der Waals surface area contributed by atoms with Crippen LogP contribution < -0.4 is 10.1 Å². The lowest BCUT2D eigenvalue weighted by Crippen LogP contribution is -2.16. The first-order valence-electron chi connectivity index (χ1n) is 10.9. The van der Waals surface area contributed by atoms with Gasteiger partial charge in [-0.3, -0.25) is 4.79 Å². The Labute approximate surface area is 212 Å². The van der Waals surface area contributed by atoms with Crippen molar-refractivity contribution in [3.63, 3.8) is 0 Å². The molecule has 1 N–H and O–H groups in total. The number of alkyl halides is 3. The second-order valence-corrected chi connectivity index (χ2v) is 9.62. The minimum atomic E-state index is -4.81. The second-order valence-electron chi connectivity index (χ2n) is 8.14. The largest absolute Gasteiger partial charge is 0.497 e. The van der Waals surface area contributed by atoms with E-state index in [9.17, 15) is 23.2 Å². The molecular formula is C24H17ClF3N5O2S. The lowest BCUT2D eigenvalue weighted by atomic mass is 9.96. The van der Waals surface area contributed by atoms with Crippen LogP contribution >= 0.6 is 22.9 Å². The maximum Gasteiger partial charge on any atom is 0.433 e. The van der Waals surface area contributed by atoms with Gasteiger partial charge in [-0.25, -0.2) is 9.50 Å². The van der Waals surface area contributed by atoms with E-state index in [1.165, 1.54) is 18.4 Å². The first-order chi connectivity index (χ1) is 17.2. The molecule has 0 radical (unpaired) electrons. The number of anilines is 1. The van der Waals surface area contributed by atoms with Crippen LogP contribution in [0, 0.1) is 11.3 Å². The molecule has 0 spiro atoms. The van der Waals surface area contributed by atoms with Crippen molar-refractivity contribution in [1.82, 2.24) is 14.6 Å². The number of hydrogen-bond acceptors (Lipinski definition) is 6. The van der Waals surface area contributed by atoms with Gasteiger partial charge >= 0.3 is 6.18 Å². The van der Waals surface area contributed by atoms with Crippen molar-refractivity contribution in [1.29, 1.82) is 5.26 Å². The second kappa shape index (κ2) is 9.11. The van der Waals surface area contributed by atoms with Gasteiger partial charge in [0.25, 0.3) is 5.91 Å². The molecule has 0 fully saturated rings. The molecule has 184 valence electrons. The lowest BCUT2D eigenvalue weighted by Gasteiger charge is -2.11. The average Bonchev–Trinajstić information content (AvgIpc) is 3.39. The van der Waals surface area contributed by atoms with E-state index in [0.29, 0.717) is 26.4 Å². The molecule has 0 atom stereocenters. The van der Waals surface area contributed by atoms with Crippen LogP contribution in [0.25, 0.3) is 16.9 Å². The molecule has 3 aromatic heterocycles. The number of carbonyl (C=O) groups excluding carboxylic acids is 1. The van der Waals surface area contributed by atoms with E-state index in [1.54, 1.807) is 24.3 Å². The lowest BCUT2D eigenvalue weighted by molar-refractivity contribution is -0.142. The van der Waals surface area contributed by atoms with Crippen molar-refractivity contribution in [3.05, 3.63) is 62.7 Å². The van der Waals surface area contributed by atoms with E-state index in [-0.39, 0.29) is 16.4 Å². The van der Waals surface area contributed by atoms with Crippen LogP contribution in [-0.4, -0.2) is 27.6 Å². The Kier molecular flexibility index (Phi) is 6.10. The van der Waals surface area contributed by atoms with Crippen molar-refractivity contribution < 1.29 is 22.7 Å². The molecule has 1 amide bonds. The maximum atomic E-state index is 14.0. The molecule has 0 saturated heterocycles. The molecule has 1 aliphatic carbocycles. The number of amides is 1. The van der Waals surface area contributed by atoms with Crippen LogP contribution in [0.2, 0.25) is 5.02 Å². The Morgan fingerprint density at radius 1 is 1.28 bits per heavy atom. The fourth-order valence-electron chi connectivity index (χ4n) is 4.20. The van der Waals surface area contributed by atoms with Crippen LogP contribution in [0.15, 0.2) is 30.3 Å². The number of nitriles is 1. The monoisotopic (exact) mass is 531 g/mol. The van der Waals surface area contributed by atoms with E-state index < -0.39 is 23.5 Å². The molecule has 0 aliphatic heterocycles. The number of methoxy groups -OCH3 is 1. The zero-order valence-corrected chi connectivity index (χ0v) is 20.3. The summed E-state index contributed by atoms with van der Waals surface area (Å²) < 4.78 is 47.6. The number of aryl methyl sites for hydroxylation is 1. The highest BCUT2D eigenvalue weighted by Gasteiger charge is 2.37. The van der Waals surface area contributed by atoms with Gasteiger partial charge < -0.3 is 10.1 Å². The van der Waals surface area contributed by atoms with Crippen molar-refractivity contribution >= 4 is 39.5 Å². The third kappa shape index (κ3) is 4.16. The third-order valence-corrected chi connectivity index (χ3v) is 7.47.